The molecule has 1 aliphatic rings. The van der Waals surface area contributed by atoms with Gasteiger partial charge in [-0.25, -0.2) is 4.79 Å². The van der Waals surface area contributed by atoms with Crippen LogP contribution in [-0.4, -0.2) is 58.4 Å². The van der Waals surface area contributed by atoms with Gasteiger partial charge in [-0.3, -0.25) is 14.2 Å². The molecule has 4 rings (SSSR count). The van der Waals surface area contributed by atoms with E-state index in [1.807, 2.05) is 24.3 Å². The molecular weight excluding hydrogens is 434 g/mol. The topological polar surface area (TPSA) is 89.7 Å². The van der Waals surface area contributed by atoms with Crippen molar-refractivity contribution in [1.82, 2.24) is 19.2 Å². The molecule has 2 aromatic carbocycles. The summed E-state index contributed by atoms with van der Waals surface area (Å²) in [6, 6.07) is 14.1. The number of ether oxygens (including phenoxy) is 1. The summed E-state index contributed by atoms with van der Waals surface area (Å²) in [6.45, 7) is 1.95. The van der Waals surface area contributed by atoms with Crippen LogP contribution >= 0.6 is 11.6 Å². The van der Waals surface area contributed by atoms with E-state index in [1.165, 1.54) is 7.05 Å². The van der Waals surface area contributed by atoms with Crippen molar-refractivity contribution in [2.45, 2.75) is 0 Å². The van der Waals surface area contributed by atoms with Gasteiger partial charge in [0.2, 0.25) is 5.69 Å². The smallest absolute Gasteiger partial charge is 0.351 e. The van der Waals surface area contributed by atoms with Crippen molar-refractivity contribution in [2.24, 2.45) is 7.05 Å². The van der Waals surface area contributed by atoms with Gasteiger partial charge in [0, 0.05) is 38.2 Å². The third-order valence-electron chi connectivity index (χ3n) is 5.44. The number of piperazine rings is 1. The number of nitrogens with zero attached hydrogens (tertiary/aromatic N) is 5. The first kappa shape index (κ1) is 21.6. The molecule has 2 heterocycles. The Hall–Kier alpha value is -3.59. The maximum atomic E-state index is 13.2. The molecule has 32 heavy (non-hydrogen) atoms. The van der Waals surface area contributed by atoms with Crippen LogP contribution in [0.1, 0.15) is 10.5 Å². The fraction of sp³-hybridized carbons (Fsp3) is 0.273. The number of halogens is 1. The highest BCUT2D eigenvalue weighted by atomic mass is 35.5. The first-order valence-electron chi connectivity index (χ1n) is 10.0. The number of carbonyl (C=O) groups is 1. The van der Waals surface area contributed by atoms with E-state index in [0.717, 1.165) is 20.7 Å². The Morgan fingerprint density at radius 2 is 1.66 bits per heavy atom. The molecule has 1 fully saturated rings. The Kier molecular flexibility index (Phi) is 6.00. The highest BCUT2D eigenvalue weighted by Gasteiger charge is 2.28. The van der Waals surface area contributed by atoms with E-state index in [9.17, 15) is 14.4 Å². The Morgan fingerprint density at radius 3 is 2.31 bits per heavy atom. The molecule has 0 atom stereocenters. The van der Waals surface area contributed by atoms with E-state index >= 15 is 0 Å². The third kappa shape index (κ3) is 3.99. The lowest BCUT2D eigenvalue weighted by Crippen LogP contribution is -2.51. The predicted octanol–water partition coefficient (Wildman–Crippen LogP) is 1.56. The number of amides is 1. The molecule has 3 aromatic rings. The lowest BCUT2D eigenvalue weighted by atomic mass is 10.2. The van der Waals surface area contributed by atoms with Crippen molar-refractivity contribution in [2.75, 3.05) is 38.2 Å². The van der Waals surface area contributed by atoms with Gasteiger partial charge in [-0.05, 0) is 36.4 Å². The van der Waals surface area contributed by atoms with Crippen LogP contribution in [0.5, 0.6) is 5.75 Å². The number of para-hydroxylation sites is 2. The van der Waals surface area contributed by atoms with E-state index in [1.54, 1.807) is 36.3 Å². The molecule has 1 saturated heterocycles. The molecule has 0 radical (unpaired) electrons. The van der Waals surface area contributed by atoms with Crippen molar-refractivity contribution in [3.05, 3.63) is 80.1 Å². The number of methoxy groups -OCH3 is 1. The molecule has 0 aliphatic carbocycles. The van der Waals surface area contributed by atoms with Crippen LogP contribution in [-0.2, 0) is 7.05 Å². The molecular formula is C22H22ClN5O4. The second kappa shape index (κ2) is 8.88. The largest absolute Gasteiger partial charge is 0.495 e. The average molecular weight is 456 g/mol. The zero-order valence-corrected chi connectivity index (χ0v) is 18.5. The summed E-state index contributed by atoms with van der Waals surface area (Å²) in [5.41, 5.74) is -0.308. The molecule has 1 aliphatic heterocycles. The lowest BCUT2D eigenvalue weighted by molar-refractivity contribution is 0.0735. The average Bonchev–Trinajstić information content (AvgIpc) is 2.83. The highest BCUT2D eigenvalue weighted by Crippen LogP contribution is 2.28. The van der Waals surface area contributed by atoms with Gasteiger partial charge in [-0.2, -0.15) is 9.78 Å². The molecule has 0 spiro atoms. The molecule has 166 valence electrons. The van der Waals surface area contributed by atoms with Crippen molar-refractivity contribution in [3.8, 4) is 11.4 Å². The van der Waals surface area contributed by atoms with Gasteiger partial charge in [0.25, 0.3) is 11.5 Å². The maximum Gasteiger partial charge on any atom is 0.351 e. The standard InChI is InChI=1S/C22H22ClN5O4/c1-25-20(29)19(24-28(22(25)31)16-9-7-15(23)8-10-16)21(30)27-13-11-26(12-14-27)17-5-3-4-6-18(17)32-2/h3-10H,11-14H2,1-2H3. The molecule has 1 amide bonds. The fourth-order valence-corrected chi connectivity index (χ4v) is 3.78. The molecule has 1 aromatic heterocycles. The van der Waals surface area contributed by atoms with E-state index < -0.39 is 17.2 Å². The van der Waals surface area contributed by atoms with Crippen molar-refractivity contribution in [1.29, 1.82) is 0 Å². The Bertz CT molecular complexity index is 1260. The SMILES string of the molecule is COc1ccccc1N1CCN(C(=O)c2nn(-c3ccc(Cl)cc3)c(=O)n(C)c2=O)CC1. The fourth-order valence-electron chi connectivity index (χ4n) is 3.65. The zero-order valence-electron chi connectivity index (χ0n) is 17.7. The first-order chi connectivity index (χ1) is 15.4. The number of anilines is 1. The van der Waals surface area contributed by atoms with Gasteiger partial charge in [0.1, 0.15) is 5.75 Å². The van der Waals surface area contributed by atoms with Crippen LogP contribution in [0.4, 0.5) is 5.69 Å². The molecule has 0 unspecified atom stereocenters. The van der Waals surface area contributed by atoms with Crippen LogP contribution in [0, 0.1) is 0 Å². The van der Waals surface area contributed by atoms with Crippen LogP contribution in [0.15, 0.2) is 58.1 Å². The van der Waals surface area contributed by atoms with Crippen LogP contribution in [0.2, 0.25) is 5.02 Å². The third-order valence-corrected chi connectivity index (χ3v) is 5.69. The minimum atomic E-state index is -0.725. The monoisotopic (exact) mass is 455 g/mol. The van der Waals surface area contributed by atoms with Gasteiger partial charge in [-0.1, -0.05) is 23.7 Å². The van der Waals surface area contributed by atoms with Crippen molar-refractivity contribution in [3.63, 3.8) is 0 Å². The molecule has 10 heteroatoms. The molecule has 0 N–H and O–H groups in total. The van der Waals surface area contributed by atoms with Gasteiger partial charge in [0.05, 0.1) is 18.5 Å². The summed E-state index contributed by atoms with van der Waals surface area (Å²) in [7, 11) is 2.95. The number of aromatic nitrogens is 3. The summed E-state index contributed by atoms with van der Waals surface area (Å²) in [5, 5.41) is 4.61. The summed E-state index contributed by atoms with van der Waals surface area (Å²) < 4.78 is 7.35. The summed E-state index contributed by atoms with van der Waals surface area (Å²) >= 11 is 5.92. The van der Waals surface area contributed by atoms with Gasteiger partial charge < -0.3 is 14.5 Å². The lowest BCUT2D eigenvalue weighted by Gasteiger charge is -2.36. The zero-order chi connectivity index (χ0) is 22.8. The van der Waals surface area contributed by atoms with Crippen molar-refractivity contribution >= 4 is 23.2 Å². The summed E-state index contributed by atoms with van der Waals surface area (Å²) in [5.74, 6) is 0.255. The number of hydrogen-bond donors (Lipinski definition) is 0. The minimum Gasteiger partial charge on any atom is -0.495 e. The van der Waals surface area contributed by atoms with E-state index in [2.05, 4.69) is 10.00 Å². The number of benzene rings is 2. The molecule has 0 bridgehead atoms. The number of hydrogen-bond acceptors (Lipinski definition) is 6. The second-order valence-corrected chi connectivity index (χ2v) is 7.77. The minimum absolute atomic E-state index is 0.298. The molecule has 9 nitrogen and oxygen atoms in total. The van der Waals surface area contributed by atoms with Crippen molar-refractivity contribution < 1.29 is 9.53 Å². The number of rotatable bonds is 4. The Morgan fingerprint density at radius 1 is 1.00 bits per heavy atom. The number of carbonyl (C=O) groups excluding carboxylic acids is 1. The van der Waals surface area contributed by atoms with Crippen LogP contribution in [0.25, 0.3) is 5.69 Å². The van der Waals surface area contributed by atoms with Gasteiger partial charge in [0.15, 0.2) is 0 Å². The Balaban J connectivity index is 1.59. The maximum absolute atomic E-state index is 13.2. The van der Waals surface area contributed by atoms with Gasteiger partial charge in [-0.15, -0.1) is 0 Å². The first-order valence-corrected chi connectivity index (χ1v) is 10.4. The quantitative estimate of drug-likeness (QED) is 0.593. The second-order valence-electron chi connectivity index (χ2n) is 7.33. The van der Waals surface area contributed by atoms with E-state index in [4.69, 9.17) is 16.3 Å². The summed E-state index contributed by atoms with van der Waals surface area (Å²) in [6.07, 6.45) is 0. The predicted molar refractivity (Wildman–Crippen MR) is 121 cm³/mol. The Labute approximate surface area is 189 Å². The normalized spacial score (nSPS) is 13.8. The summed E-state index contributed by atoms with van der Waals surface area (Å²) in [4.78, 5) is 42.1. The van der Waals surface area contributed by atoms with E-state index in [-0.39, 0.29) is 5.69 Å². The van der Waals surface area contributed by atoms with Crippen LogP contribution in [0.3, 0.4) is 0 Å². The van der Waals surface area contributed by atoms with Gasteiger partial charge >= 0.3 is 5.69 Å². The van der Waals surface area contributed by atoms with Crippen LogP contribution < -0.4 is 20.9 Å². The van der Waals surface area contributed by atoms with E-state index in [0.29, 0.717) is 36.9 Å². The highest BCUT2D eigenvalue weighted by molar-refractivity contribution is 6.30. The molecule has 0 saturated carbocycles.